The van der Waals surface area contributed by atoms with Crippen LogP contribution < -0.4 is 0 Å². The molecule has 3 aliphatic rings. The first-order valence-corrected chi connectivity index (χ1v) is 10.0. The molecule has 3 aliphatic carbocycles. The van der Waals surface area contributed by atoms with Crippen LogP contribution in [0.4, 0.5) is 0 Å². The fourth-order valence-electron chi connectivity index (χ4n) is 2.55. The van der Waals surface area contributed by atoms with Crippen molar-refractivity contribution in [1.82, 2.24) is 0 Å². The van der Waals surface area contributed by atoms with Gasteiger partial charge in [-0.25, -0.2) is 0 Å². The van der Waals surface area contributed by atoms with Crippen LogP contribution in [-0.4, -0.2) is 0 Å². The summed E-state index contributed by atoms with van der Waals surface area (Å²) in [5, 5.41) is 0. The number of rotatable bonds is 3. The first-order valence-electron chi connectivity index (χ1n) is 5.99. The minimum atomic E-state index is -2.48. The Morgan fingerprint density at radius 3 is 1.29 bits per heavy atom. The number of hydrogen-bond donors (Lipinski definition) is 0. The molecule has 0 saturated carbocycles. The Kier molecular flexibility index (Phi) is 3.04. The summed E-state index contributed by atoms with van der Waals surface area (Å²) in [7, 11) is 7.21. The van der Waals surface area contributed by atoms with Gasteiger partial charge in [-0.05, 0) is 0 Å². The van der Waals surface area contributed by atoms with Crippen molar-refractivity contribution in [1.29, 1.82) is 0 Å². The van der Waals surface area contributed by atoms with Crippen LogP contribution in [0.1, 0.15) is 19.3 Å². The van der Waals surface area contributed by atoms with Crippen molar-refractivity contribution >= 4 is 9.85 Å². The van der Waals surface area contributed by atoms with Crippen molar-refractivity contribution in [3.63, 3.8) is 0 Å². The van der Waals surface area contributed by atoms with Crippen LogP contribution in [0.3, 0.4) is 0 Å². The van der Waals surface area contributed by atoms with Gasteiger partial charge in [-0.1, -0.05) is 0 Å². The second kappa shape index (κ2) is 4.53. The molecule has 2 heteroatoms. The van der Waals surface area contributed by atoms with Crippen molar-refractivity contribution < 1.29 is 13.1 Å². The van der Waals surface area contributed by atoms with E-state index in [0.29, 0.717) is 0 Å². The molecule has 0 aromatic heterocycles. The third kappa shape index (κ3) is 1.85. The molecule has 0 N–H and O–H groups in total. The van der Waals surface area contributed by atoms with Crippen molar-refractivity contribution in [3.8, 4) is 0 Å². The molecule has 0 aromatic carbocycles. The maximum absolute atomic E-state index is 7.21. The van der Waals surface area contributed by atoms with E-state index >= 15 is 0 Å². The predicted molar refractivity (Wildman–Crippen MR) is 71.4 cm³/mol. The Morgan fingerprint density at radius 2 is 1.06 bits per heavy atom. The standard InChI is InChI=1S/3C5H5.ClH.V/c3*1-2-4-5-3-1;;/h3*1-3H,4H2;1H;/q;;;;+1/p-1. The van der Waals surface area contributed by atoms with Gasteiger partial charge in [0.1, 0.15) is 0 Å². The van der Waals surface area contributed by atoms with E-state index in [1.54, 1.807) is 0 Å². The maximum atomic E-state index is 7.21. The molecule has 0 spiro atoms. The van der Waals surface area contributed by atoms with Gasteiger partial charge >= 0.3 is 110 Å². The molecule has 0 nitrogen and oxygen atoms in total. The quantitative estimate of drug-likeness (QED) is 0.695. The summed E-state index contributed by atoms with van der Waals surface area (Å²) in [6, 6.07) is 0. The summed E-state index contributed by atoms with van der Waals surface area (Å²) >= 11 is -2.48. The normalized spacial score (nSPS) is 22.1. The van der Waals surface area contributed by atoms with E-state index in [-0.39, 0.29) is 0 Å². The summed E-state index contributed by atoms with van der Waals surface area (Å²) < 4.78 is 4.44. The molecular weight excluding hydrogens is 267 g/mol. The van der Waals surface area contributed by atoms with Crippen LogP contribution in [0, 0.1) is 0 Å². The van der Waals surface area contributed by atoms with Crippen molar-refractivity contribution in [3.05, 3.63) is 67.5 Å². The zero-order valence-corrected chi connectivity index (χ0v) is 11.8. The molecule has 87 valence electrons. The minimum absolute atomic E-state index is 1.05. The molecule has 0 aromatic rings. The van der Waals surface area contributed by atoms with Gasteiger partial charge in [0.25, 0.3) is 0 Å². The molecule has 0 atom stereocenters. The summed E-state index contributed by atoms with van der Waals surface area (Å²) in [5.41, 5.74) is 0. The second-order valence-electron chi connectivity index (χ2n) is 4.46. The van der Waals surface area contributed by atoms with E-state index in [0.717, 1.165) is 19.3 Å². The fraction of sp³-hybridized carbons (Fsp3) is 0.200. The van der Waals surface area contributed by atoms with Crippen molar-refractivity contribution in [2.75, 3.05) is 0 Å². The van der Waals surface area contributed by atoms with Crippen LogP contribution in [0.25, 0.3) is 0 Å². The van der Waals surface area contributed by atoms with E-state index in [1.807, 2.05) is 0 Å². The van der Waals surface area contributed by atoms with Crippen molar-refractivity contribution in [2.24, 2.45) is 0 Å². The Labute approximate surface area is 109 Å². The summed E-state index contributed by atoms with van der Waals surface area (Å²) in [6.07, 6.45) is 23.0. The average Bonchev–Trinajstić information content (AvgIpc) is 3.10. The predicted octanol–water partition coefficient (Wildman–Crippen LogP) is 4.83. The second-order valence-corrected chi connectivity index (χ2v) is 11.1. The van der Waals surface area contributed by atoms with E-state index in [9.17, 15) is 0 Å². The van der Waals surface area contributed by atoms with Gasteiger partial charge in [0.15, 0.2) is 0 Å². The van der Waals surface area contributed by atoms with Gasteiger partial charge in [-0.15, -0.1) is 0 Å². The Morgan fingerprint density at radius 1 is 0.706 bits per heavy atom. The zero-order valence-electron chi connectivity index (χ0n) is 9.64. The van der Waals surface area contributed by atoms with Gasteiger partial charge in [0.2, 0.25) is 0 Å². The molecule has 0 fully saturated rings. The zero-order chi connectivity index (χ0) is 11.7. The summed E-state index contributed by atoms with van der Waals surface area (Å²) in [5.74, 6) is 0. The topological polar surface area (TPSA) is 0 Å². The SMILES string of the molecule is [Cl][V]([C]1=CC=CC1)([C]1=CC=CC1)[C]1=CC=CC1. The molecule has 0 aliphatic heterocycles. The molecule has 17 heavy (non-hydrogen) atoms. The van der Waals surface area contributed by atoms with E-state index < -0.39 is 13.1 Å². The van der Waals surface area contributed by atoms with E-state index in [1.165, 1.54) is 12.9 Å². The van der Waals surface area contributed by atoms with Crippen LogP contribution in [0.2, 0.25) is 0 Å². The van der Waals surface area contributed by atoms with Crippen LogP contribution >= 0.6 is 9.85 Å². The van der Waals surface area contributed by atoms with Crippen LogP contribution in [-0.2, 0) is 13.1 Å². The first-order chi connectivity index (χ1) is 8.32. The summed E-state index contributed by atoms with van der Waals surface area (Å²) in [6.45, 7) is 0. The van der Waals surface area contributed by atoms with Crippen LogP contribution in [0.15, 0.2) is 67.5 Å². The summed E-state index contributed by atoms with van der Waals surface area (Å²) in [4.78, 5) is 0. The van der Waals surface area contributed by atoms with Gasteiger partial charge in [-0.2, -0.15) is 0 Å². The molecule has 3 rings (SSSR count). The third-order valence-electron chi connectivity index (χ3n) is 3.44. The van der Waals surface area contributed by atoms with Gasteiger partial charge < -0.3 is 0 Å². The van der Waals surface area contributed by atoms with Gasteiger partial charge in [0.05, 0.1) is 0 Å². The molecule has 0 bridgehead atoms. The van der Waals surface area contributed by atoms with Crippen LogP contribution in [0.5, 0.6) is 0 Å². The van der Waals surface area contributed by atoms with E-state index in [4.69, 9.17) is 9.85 Å². The molecular formula is C15H15ClV. The fourth-order valence-corrected chi connectivity index (χ4v) is 8.86. The number of halogens is 1. The Bertz CT molecular complexity index is 441. The molecule has 0 heterocycles. The van der Waals surface area contributed by atoms with Crippen molar-refractivity contribution in [2.45, 2.75) is 19.3 Å². The number of allylic oxidation sites excluding steroid dienone is 12. The average molecular weight is 282 g/mol. The number of hydrogen-bond acceptors (Lipinski definition) is 0. The molecule has 0 saturated heterocycles. The van der Waals surface area contributed by atoms with Gasteiger partial charge in [0, 0.05) is 0 Å². The Balaban J connectivity index is 2.01. The van der Waals surface area contributed by atoms with E-state index in [2.05, 4.69) is 54.7 Å². The van der Waals surface area contributed by atoms with Gasteiger partial charge in [-0.3, -0.25) is 0 Å². The molecule has 0 amide bonds. The first kappa shape index (κ1) is 11.4. The molecule has 0 radical (unpaired) electrons. The Hall–Kier alpha value is -0.686. The monoisotopic (exact) mass is 281 g/mol. The molecule has 0 unspecified atom stereocenters. The third-order valence-corrected chi connectivity index (χ3v) is 11.4.